The largest absolute Gasteiger partial charge is 0.497 e. The Morgan fingerprint density at radius 3 is 2.62 bits per heavy atom. The first-order valence-electron chi connectivity index (χ1n) is 4.91. The Morgan fingerprint density at radius 2 is 2.06 bits per heavy atom. The number of nitrogens with zero attached hydrogens (tertiary/aromatic N) is 4. The second kappa shape index (κ2) is 4.71. The number of hydrogen-bond acceptors (Lipinski definition) is 5. The fourth-order valence-electron chi connectivity index (χ4n) is 1.32. The molecule has 84 valence electrons. The third-order valence-electron chi connectivity index (χ3n) is 2.16. The van der Waals surface area contributed by atoms with Crippen molar-refractivity contribution in [1.29, 1.82) is 0 Å². The van der Waals surface area contributed by atoms with Crippen molar-refractivity contribution in [2.75, 3.05) is 7.11 Å². The Bertz CT molecular complexity index is 450. The maximum Gasteiger partial charge on any atom is 0.188 e. The second-order valence-electron chi connectivity index (χ2n) is 3.29. The van der Waals surface area contributed by atoms with E-state index in [-0.39, 0.29) is 0 Å². The molecule has 1 heterocycles. The Morgan fingerprint density at radius 1 is 1.31 bits per heavy atom. The molecule has 0 saturated heterocycles. The summed E-state index contributed by atoms with van der Waals surface area (Å²) in [5.41, 5.74) is 6.48. The molecular weight excluding hydrogens is 206 g/mol. The summed E-state index contributed by atoms with van der Waals surface area (Å²) >= 11 is 0. The van der Waals surface area contributed by atoms with Gasteiger partial charge >= 0.3 is 0 Å². The number of tetrazole rings is 1. The first kappa shape index (κ1) is 10.6. The zero-order valence-electron chi connectivity index (χ0n) is 9.00. The molecule has 6 heteroatoms. The van der Waals surface area contributed by atoms with E-state index in [1.165, 1.54) is 4.80 Å². The predicted molar refractivity (Wildman–Crippen MR) is 57.8 cm³/mol. The van der Waals surface area contributed by atoms with Crippen LogP contribution in [0, 0.1) is 0 Å². The van der Waals surface area contributed by atoms with E-state index in [2.05, 4.69) is 15.4 Å². The van der Waals surface area contributed by atoms with Gasteiger partial charge in [0.2, 0.25) is 0 Å². The molecule has 2 aromatic rings. The molecule has 0 aliphatic rings. The molecule has 0 bridgehead atoms. The number of hydrogen-bond donors (Lipinski definition) is 1. The van der Waals surface area contributed by atoms with Crippen LogP contribution >= 0.6 is 0 Å². The van der Waals surface area contributed by atoms with E-state index in [1.807, 2.05) is 24.3 Å². The second-order valence-corrected chi connectivity index (χ2v) is 3.29. The fraction of sp³-hybridized carbons (Fsp3) is 0.300. The van der Waals surface area contributed by atoms with E-state index in [9.17, 15) is 0 Å². The first-order valence-corrected chi connectivity index (χ1v) is 4.91. The summed E-state index contributed by atoms with van der Waals surface area (Å²) in [7, 11) is 1.64. The highest BCUT2D eigenvalue weighted by Crippen LogP contribution is 2.11. The smallest absolute Gasteiger partial charge is 0.188 e. The van der Waals surface area contributed by atoms with Crippen LogP contribution in [0.5, 0.6) is 5.75 Å². The minimum Gasteiger partial charge on any atom is -0.497 e. The van der Waals surface area contributed by atoms with E-state index in [0.717, 1.165) is 11.3 Å². The Labute approximate surface area is 93.0 Å². The van der Waals surface area contributed by atoms with Crippen LogP contribution in [0.2, 0.25) is 0 Å². The molecule has 0 amide bonds. The number of rotatable bonds is 4. The predicted octanol–water partition coefficient (Wildman–Crippen LogP) is 0.189. The fourth-order valence-corrected chi connectivity index (χ4v) is 1.32. The summed E-state index contributed by atoms with van der Waals surface area (Å²) < 4.78 is 5.07. The molecule has 16 heavy (non-hydrogen) atoms. The van der Waals surface area contributed by atoms with Crippen molar-refractivity contribution in [3.05, 3.63) is 35.7 Å². The van der Waals surface area contributed by atoms with E-state index in [0.29, 0.717) is 18.9 Å². The lowest BCUT2D eigenvalue weighted by Crippen LogP contribution is -2.05. The molecular formula is C10H13N5O. The number of benzene rings is 1. The molecule has 1 aromatic heterocycles. The standard InChI is InChI=1S/C10H13N5O/c1-16-9-4-2-8(3-5-9)7-15-13-10(6-11)12-14-15/h2-5H,6-7,11H2,1H3. The van der Waals surface area contributed by atoms with Gasteiger partial charge in [-0.05, 0) is 22.9 Å². The van der Waals surface area contributed by atoms with Gasteiger partial charge in [-0.3, -0.25) is 0 Å². The van der Waals surface area contributed by atoms with Crippen LogP contribution in [0.4, 0.5) is 0 Å². The molecule has 0 fully saturated rings. The maximum absolute atomic E-state index is 5.40. The van der Waals surface area contributed by atoms with Crippen LogP contribution in [0.3, 0.4) is 0 Å². The minimum atomic E-state index is 0.308. The lowest BCUT2D eigenvalue weighted by molar-refractivity contribution is 0.414. The van der Waals surface area contributed by atoms with Crippen LogP contribution in [0.25, 0.3) is 0 Å². The molecule has 2 rings (SSSR count). The lowest BCUT2D eigenvalue weighted by atomic mass is 10.2. The highest BCUT2D eigenvalue weighted by Gasteiger charge is 2.01. The van der Waals surface area contributed by atoms with Crippen LogP contribution < -0.4 is 10.5 Å². The molecule has 0 saturated carbocycles. The molecule has 2 N–H and O–H groups in total. The van der Waals surface area contributed by atoms with Crippen molar-refractivity contribution in [3.63, 3.8) is 0 Å². The van der Waals surface area contributed by atoms with Gasteiger partial charge in [0.1, 0.15) is 5.75 Å². The maximum atomic E-state index is 5.40. The third-order valence-corrected chi connectivity index (χ3v) is 2.16. The van der Waals surface area contributed by atoms with Crippen LogP contribution in [0.1, 0.15) is 11.4 Å². The summed E-state index contributed by atoms with van der Waals surface area (Å²) in [5, 5.41) is 11.8. The van der Waals surface area contributed by atoms with E-state index in [1.54, 1.807) is 7.11 Å². The van der Waals surface area contributed by atoms with Gasteiger partial charge < -0.3 is 10.5 Å². The third kappa shape index (κ3) is 2.34. The number of nitrogens with two attached hydrogens (primary N) is 1. The van der Waals surface area contributed by atoms with Gasteiger partial charge in [0, 0.05) is 0 Å². The summed E-state index contributed by atoms with van der Waals surface area (Å²) in [6, 6.07) is 7.72. The SMILES string of the molecule is COc1ccc(Cn2nnc(CN)n2)cc1. The summed E-state index contributed by atoms with van der Waals surface area (Å²) in [6.45, 7) is 0.888. The summed E-state index contributed by atoms with van der Waals surface area (Å²) in [5.74, 6) is 1.38. The Hall–Kier alpha value is -1.95. The van der Waals surface area contributed by atoms with Crippen LogP contribution in [0.15, 0.2) is 24.3 Å². The normalized spacial score (nSPS) is 10.4. The number of ether oxygens (including phenoxy) is 1. The monoisotopic (exact) mass is 219 g/mol. The van der Waals surface area contributed by atoms with Gasteiger partial charge in [0.15, 0.2) is 5.82 Å². The van der Waals surface area contributed by atoms with Crippen molar-refractivity contribution in [1.82, 2.24) is 20.2 Å². The first-order chi connectivity index (χ1) is 7.81. The minimum absolute atomic E-state index is 0.308. The molecule has 1 aromatic carbocycles. The van der Waals surface area contributed by atoms with E-state index < -0.39 is 0 Å². The van der Waals surface area contributed by atoms with Crippen LogP contribution in [-0.4, -0.2) is 27.3 Å². The number of methoxy groups -OCH3 is 1. The van der Waals surface area contributed by atoms with Gasteiger partial charge in [0.05, 0.1) is 20.2 Å². The number of aromatic nitrogens is 4. The zero-order valence-corrected chi connectivity index (χ0v) is 9.00. The Kier molecular flexibility index (Phi) is 3.11. The van der Waals surface area contributed by atoms with Crippen molar-refractivity contribution in [3.8, 4) is 5.75 Å². The molecule has 0 atom stereocenters. The average molecular weight is 219 g/mol. The van der Waals surface area contributed by atoms with Crippen molar-refractivity contribution in [2.45, 2.75) is 13.1 Å². The topological polar surface area (TPSA) is 78.8 Å². The molecule has 0 radical (unpaired) electrons. The van der Waals surface area contributed by atoms with E-state index in [4.69, 9.17) is 10.5 Å². The highest BCUT2D eigenvalue weighted by atomic mass is 16.5. The van der Waals surface area contributed by atoms with Gasteiger partial charge in [-0.15, -0.1) is 10.2 Å². The van der Waals surface area contributed by atoms with Crippen molar-refractivity contribution >= 4 is 0 Å². The quantitative estimate of drug-likeness (QED) is 0.794. The van der Waals surface area contributed by atoms with Gasteiger partial charge in [-0.25, -0.2) is 0 Å². The average Bonchev–Trinajstić information content (AvgIpc) is 2.78. The van der Waals surface area contributed by atoms with Gasteiger partial charge in [-0.1, -0.05) is 12.1 Å². The van der Waals surface area contributed by atoms with E-state index >= 15 is 0 Å². The molecule has 0 aliphatic heterocycles. The van der Waals surface area contributed by atoms with Crippen LogP contribution in [-0.2, 0) is 13.1 Å². The van der Waals surface area contributed by atoms with Gasteiger partial charge in [0.25, 0.3) is 0 Å². The molecule has 0 unspecified atom stereocenters. The van der Waals surface area contributed by atoms with Crippen molar-refractivity contribution < 1.29 is 4.74 Å². The highest BCUT2D eigenvalue weighted by molar-refractivity contribution is 5.26. The zero-order chi connectivity index (χ0) is 11.4. The molecule has 6 nitrogen and oxygen atoms in total. The summed E-state index contributed by atoms with van der Waals surface area (Å²) in [4.78, 5) is 1.52. The molecule has 0 aliphatic carbocycles. The lowest BCUT2D eigenvalue weighted by Gasteiger charge is -2.01. The molecule has 0 spiro atoms. The summed E-state index contributed by atoms with van der Waals surface area (Å²) in [6.07, 6.45) is 0. The van der Waals surface area contributed by atoms with Crippen molar-refractivity contribution in [2.24, 2.45) is 5.73 Å². The Balaban J connectivity index is 2.08. The van der Waals surface area contributed by atoms with Gasteiger partial charge in [-0.2, -0.15) is 4.80 Å².